The Morgan fingerprint density at radius 3 is 2.47 bits per heavy atom. The van der Waals surface area contributed by atoms with E-state index in [4.69, 9.17) is 4.74 Å². The summed E-state index contributed by atoms with van der Waals surface area (Å²) >= 11 is 1.50. The lowest BCUT2D eigenvalue weighted by molar-refractivity contribution is -0.143. The van der Waals surface area contributed by atoms with Crippen molar-refractivity contribution in [1.29, 1.82) is 0 Å². The highest BCUT2D eigenvalue weighted by Gasteiger charge is 2.21. The van der Waals surface area contributed by atoms with Gasteiger partial charge < -0.3 is 19.9 Å². The van der Waals surface area contributed by atoms with Crippen LogP contribution in [0.4, 0.5) is 5.13 Å². The summed E-state index contributed by atoms with van der Waals surface area (Å²) in [7, 11) is 1.85. The summed E-state index contributed by atoms with van der Waals surface area (Å²) in [4.78, 5) is 25.0. The monoisotopic (exact) mass is 552 g/mol. The molecule has 10 heteroatoms. The number of carbonyl (C=O) groups excluding carboxylic acids is 1. The second-order valence-electron chi connectivity index (χ2n) is 7.12. The van der Waals surface area contributed by atoms with Crippen LogP contribution in [0, 0.1) is 0 Å². The molecule has 1 aromatic rings. The summed E-state index contributed by atoms with van der Waals surface area (Å²) < 4.78 is 9.34. The molecule has 30 heavy (non-hydrogen) atoms. The Kier molecular flexibility index (Phi) is 14.0. The van der Waals surface area contributed by atoms with Gasteiger partial charge in [0.2, 0.25) is 5.13 Å². The normalized spacial score (nSPS) is 14.4. The van der Waals surface area contributed by atoms with E-state index >= 15 is 0 Å². The van der Waals surface area contributed by atoms with Gasteiger partial charge in [-0.15, -0.1) is 24.0 Å². The molecule has 0 atom stereocenters. The molecule has 1 aromatic heterocycles. The molecule has 1 fully saturated rings. The van der Waals surface area contributed by atoms with Gasteiger partial charge in [-0.3, -0.25) is 9.79 Å². The van der Waals surface area contributed by atoms with Crippen molar-refractivity contribution >= 4 is 52.6 Å². The number of unbranched alkanes of at least 4 members (excludes halogenated alkanes) is 4. The maximum absolute atomic E-state index is 11.3. The predicted octanol–water partition coefficient (Wildman–Crippen LogP) is 3.32. The van der Waals surface area contributed by atoms with Crippen molar-refractivity contribution in [2.24, 2.45) is 4.99 Å². The van der Waals surface area contributed by atoms with Crippen LogP contribution in [0.3, 0.4) is 0 Å². The quantitative estimate of drug-likeness (QED) is 0.148. The summed E-state index contributed by atoms with van der Waals surface area (Å²) in [5, 5.41) is 4.53. The Morgan fingerprint density at radius 1 is 1.13 bits per heavy atom. The van der Waals surface area contributed by atoms with E-state index in [-0.39, 0.29) is 29.9 Å². The third-order valence-corrected chi connectivity index (χ3v) is 5.80. The van der Waals surface area contributed by atoms with Crippen molar-refractivity contribution in [3.05, 3.63) is 5.82 Å². The lowest BCUT2D eigenvalue weighted by Crippen LogP contribution is -2.52. The number of guanidine groups is 1. The molecule has 0 amide bonds. The third-order valence-electron chi connectivity index (χ3n) is 4.98. The number of halogens is 1. The van der Waals surface area contributed by atoms with Crippen molar-refractivity contribution in [2.75, 3.05) is 51.3 Å². The molecular weight excluding hydrogens is 515 g/mol. The molecule has 0 saturated carbocycles. The minimum Gasteiger partial charge on any atom is -0.466 e. The maximum Gasteiger partial charge on any atom is 0.305 e. The molecule has 0 radical (unpaired) electrons. The van der Waals surface area contributed by atoms with E-state index in [1.807, 2.05) is 14.0 Å². The molecule has 172 valence electrons. The van der Waals surface area contributed by atoms with Crippen molar-refractivity contribution < 1.29 is 9.53 Å². The van der Waals surface area contributed by atoms with Crippen LogP contribution in [-0.4, -0.2) is 72.6 Å². The number of anilines is 1. The van der Waals surface area contributed by atoms with Gasteiger partial charge in [0.15, 0.2) is 5.96 Å². The molecule has 8 nitrogen and oxygen atoms in total. The lowest BCUT2D eigenvalue weighted by Gasteiger charge is -2.36. The number of hydrogen-bond acceptors (Lipinski definition) is 7. The number of nitrogens with zero attached hydrogens (tertiary/aromatic N) is 5. The SMILES string of the molecule is CCOC(=O)CCCCCCCNC(=NC)N1CCN(c2nc(CC)ns2)CC1.I. The number of nitrogens with one attached hydrogen (secondary N) is 1. The molecule has 0 aromatic carbocycles. The summed E-state index contributed by atoms with van der Waals surface area (Å²) in [6.07, 6.45) is 6.87. The van der Waals surface area contributed by atoms with Crippen molar-refractivity contribution in [3.63, 3.8) is 0 Å². The number of esters is 1. The number of hydrogen-bond donors (Lipinski definition) is 1. The van der Waals surface area contributed by atoms with Crippen molar-refractivity contribution in [3.8, 4) is 0 Å². The van der Waals surface area contributed by atoms with E-state index < -0.39 is 0 Å². The van der Waals surface area contributed by atoms with Gasteiger partial charge in [-0.1, -0.05) is 26.2 Å². The van der Waals surface area contributed by atoms with E-state index in [2.05, 4.69) is 36.4 Å². The van der Waals surface area contributed by atoms with E-state index in [1.165, 1.54) is 11.5 Å². The molecule has 1 aliphatic rings. The molecule has 1 saturated heterocycles. The minimum atomic E-state index is -0.0741. The smallest absolute Gasteiger partial charge is 0.305 e. The summed E-state index contributed by atoms with van der Waals surface area (Å²) in [5.41, 5.74) is 0. The summed E-state index contributed by atoms with van der Waals surface area (Å²) in [6.45, 7) is 9.11. The molecule has 0 spiro atoms. The average molecular weight is 553 g/mol. The zero-order valence-electron chi connectivity index (χ0n) is 18.6. The van der Waals surface area contributed by atoms with Crippen molar-refractivity contribution in [2.45, 2.75) is 58.8 Å². The average Bonchev–Trinajstić information content (AvgIpc) is 3.22. The number of aromatic nitrogens is 2. The Balaban J connectivity index is 0.00000450. The lowest BCUT2D eigenvalue weighted by atomic mass is 10.1. The minimum absolute atomic E-state index is 0. The fraction of sp³-hybridized carbons (Fsp3) is 0.800. The predicted molar refractivity (Wildman–Crippen MR) is 134 cm³/mol. The first-order valence-corrected chi connectivity index (χ1v) is 11.6. The fourth-order valence-corrected chi connectivity index (χ4v) is 4.12. The number of piperazine rings is 1. The number of carbonyl (C=O) groups is 1. The highest BCUT2D eigenvalue weighted by molar-refractivity contribution is 14.0. The molecule has 1 aliphatic heterocycles. The van der Waals surface area contributed by atoms with E-state index in [9.17, 15) is 4.79 Å². The molecule has 1 N–H and O–H groups in total. The van der Waals surface area contributed by atoms with E-state index in [1.54, 1.807) is 0 Å². The molecular formula is C20H37IN6O2S. The summed E-state index contributed by atoms with van der Waals surface area (Å²) in [6, 6.07) is 0. The topological polar surface area (TPSA) is 83.0 Å². The first kappa shape index (κ1) is 26.9. The van der Waals surface area contributed by atoms with Gasteiger partial charge in [0.1, 0.15) is 5.82 Å². The largest absolute Gasteiger partial charge is 0.466 e. The van der Waals surface area contributed by atoms with Crippen LogP contribution >= 0.6 is 35.5 Å². The Labute approximate surface area is 202 Å². The van der Waals surface area contributed by atoms with Gasteiger partial charge in [0.25, 0.3) is 0 Å². The van der Waals surface area contributed by atoms with Crippen LogP contribution in [-0.2, 0) is 16.0 Å². The Bertz CT molecular complexity index is 635. The molecule has 0 aliphatic carbocycles. The van der Waals surface area contributed by atoms with Gasteiger partial charge >= 0.3 is 5.97 Å². The number of aryl methyl sites for hydroxylation is 1. The highest BCUT2D eigenvalue weighted by Crippen LogP contribution is 2.19. The molecule has 0 unspecified atom stereocenters. The van der Waals surface area contributed by atoms with E-state index in [0.29, 0.717) is 13.0 Å². The number of rotatable bonds is 11. The maximum atomic E-state index is 11.3. The first-order valence-electron chi connectivity index (χ1n) is 10.9. The van der Waals surface area contributed by atoms with Gasteiger partial charge in [-0.25, -0.2) is 4.98 Å². The van der Waals surface area contributed by atoms with Gasteiger partial charge in [-0.2, -0.15) is 4.37 Å². The second kappa shape index (κ2) is 15.6. The number of aliphatic imine (C=N–C) groups is 1. The first-order chi connectivity index (χ1) is 14.2. The zero-order valence-corrected chi connectivity index (χ0v) is 21.7. The van der Waals surface area contributed by atoms with E-state index in [0.717, 1.165) is 88.2 Å². The van der Waals surface area contributed by atoms with Crippen LogP contribution in [0.1, 0.15) is 58.2 Å². The summed E-state index contributed by atoms with van der Waals surface area (Å²) in [5.74, 6) is 1.85. The van der Waals surface area contributed by atoms with Crippen molar-refractivity contribution in [1.82, 2.24) is 19.6 Å². The van der Waals surface area contributed by atoms with Crippen LogP contribution in [0.5, 0.6) is 0 Å². The van der Waals surface area contributed by atoms with Crippen LogP contribution in [0.2, 0.25) is 0 Å². The third kappa shape index (κ3) is 9.32. The Morgan fingerprint density at radius 2 is 1.83 bits per heavy atom. The highest BCUT2D eigenvalue weighted by atomic mass is 127. The Hall–Kier alpha value is -1.17. The van der Waals surface area contributed by atoms with Gasteiger partial charge in [0, 0.05) is 64.1 Å². The standard InChI is InChI=1S/C20H36N6O2S.HI/c1-4-17-23-20(29-24-17)26-15-13-25(14-16-26)19(21-3)22-12-10-8-6-7-9-11-18(27)28-5-2;/h4-16H2,1-3H3,(H,21,22);1H. The fourth-order valence-electron chi connectivity index (χ4n) is 3.32. The van der Waals surface area contributed by atoms with Crippen LogP contribution in [0.15, 0.2) is 4.99 Å². The molecule has 2 heterocycles. The molecule has 0 bridgehead atoms. The van der Waals surface area contributed by atoms with Gasteiger partial charge in [-0.05, 0) is 19.8 Å². The molecule has 2 rings (SSSR count). The second-order valence-corrected chi connectivity index (χ2v) is 7.85. The van der Waals surface area contributed by atoms with Crippen LogP contribution < -0.4 is 10.2 Å². The number of ether oxygens (including phenoxy) is 1. The van der Waals surface area contributed by atoms with Gasteiger partial charge in [0.05, 0.1) is 6.61 Å². The zero-order chi connectivity index (χ0) is 20.9. The van der Waals surface area contributed by atoms with Crippen LogP contribution in [0.25, 0.3) is 0 Å².